The van der Waals surface area contributed by atoms with Gasteiger partial charge >= 0.3 is 0 Å². The first kappa shape index (κ1) is 16.0. The first-order chi connectivity index (χ1) is 10.8. The molecule has 1 fully saturated rings. The normalized spacial score (nSPS) is 19.4. The summed E-state index contributed by atoms with van der Waals surface area (Å²) in [6, 6.07) is 9.01. The predicted molar refractivity (Wildman–Crippen MR) is 96.2 cm³/mol. The quantitative estimate of drug-likeness (QED) is 0.812. The number of nitrogens with zero attached hydrogens (tertiary/aromatic N) is 2. The number of thiazole rings is 1. The highest BCUT2D eigenvalue weighted by molar-refractivity contribution is 7.96. The summed E-state index contributed by atoms with van der Waals surface area (Å²) in [7, 11) is 0. The molecule has 5 heteroatoms. The van der Waals surface area contributed by atoms with Crippen molar-refractivity contribution in [3.05, 3.63) is 52.0 Å². The second-order valence-electron chi connectivity index (χ2n) is 5.79. The van der Waals surface area contributed by atoms with E-state index in [1.165, 1.54) is 35.5 Å². The zero-order valence-electron chi connectivity index (χ0n) is 13.0. The largest absolute Gasteiger partial charge is 0.298 e. The summed E-state index contributed by atoms with van der Waals surface area (Å²) < 4.78 is 3.29. The lowest BCUT2D eigenvalue weighted by atomic mass is 9.98. The Hall–Kier alpha value is -0.880. The molecule has 0 radical (unpaired) electrons. The van der Waals surface area contributed by atoms with Crippen molar-refractivity contribution in [3.63, 3.8) is 0 Å². The monoisotopic (exact) mass is 333 g/mol. The van der Waals surface area contributed by atoms with E-state index in [4.69, 9.17) is 0 Å². The minimum Gasteiger partial charge on any atom is -0.298 e. The van der Waals surface area contributed by atoms with E-state index in [0.717, 1.165) is 19.6 Å². The molecule has 1 unspecified atom stereocenters. The molecule has 1 aromatic heterocycles. The van der Waals surface area contributed by atoms with Crippen molar-refractivity contribution in [3.8, 4) is 0 Å². The van der Waals surface area contributed by atoms with Crippen LogP contribution < -0.4 is 4.72 Å². The second kappa shape index (κ2) is 8.11. The van der Waals surface area contributed by atoms with E-state index < -0.39 is 0 Å². The van der Waals surface area contributed by atoms with E-state index in [9.17, 15) is 0 Å². The molecule has 0 spiro atoms. The fraction of sp³-hybridized carbons (Fsp3) is 0.471. The van der Waals surface area contributed by atoms with Gasteiger partial charge in [0.2, 0.25) is 0 Å². The van der Waals surface area contributed by atoms with Gasteiger partial charge in [0.1, 0.15) is 0 Å². The lowest BCUT2D eigenvalue weighted by Gasteiger charge is -2.31. The van der Waals surface area contributed by atoms with Gasteiger partial charge in [0.05, 0.1) is 5.01 Å². The van der Waals surface area contributed by atoms with Crippen molar-refractivity contribution in [2.24, 2.45) is 0 Å². The van der Waals surface area contributed by atoms with Crippen LogP contribution in [0, 0.1) is 0 Å². The first-order valence-corrected chi connectivity index (χ1v) is 9.91. The van der Waals surface area contributed by atoms with Gasteiger partial charge < -0.3 is 0 Å². The Morgan fingerprint density at radius 3 is 2.86 bits per heavy atom. The average molecular weight is 334 g/mol. The standard InChI is InChI=1S/C17H23N3S2/c1-21-19-11-14-4-6-15(7-5-14)12-20-9-2-3-16(13-20)17-18-8-10-22-17/h4-8,10,16,19H,2-3,9,11-13H2,1H3. The molecule has 0 aliphatic carbocycles. The fourth-order valence-electron chi connectivity index (χ4n) is 3.01. The van der Waals surface area contributed by atoms with E-state index in [1.807, 2.05) is 6.20 Å². The van der Waals surface area contributed by atoms with Crippen molar-refractivity contribution in [1.29, 1.82) is 0 Å². The van der Waals surface area contributed by atoms with Crippen LogP contribution in [0.25, 0.3) is 0 Å². The SMILES string of the molecule is CSNCc1ccc(CN2CCCC(c3nccs3)C2)cc1. The zero-order chi connectivity index (χ0) is 15.2. The number of likely N-dealkylation sites (tertiary alicyclic amines) is 1. The van der Waals surface area contributed by atoms with Gasteiger partial charge in [-0.2, -0.15) is 0 Å². The van der Waals surface area contributed by atoms with Crippen LogP contribution in [0.3, 0.4) is 0 Å². The van der Waals surface area contributed by atoms with Gasteiger partial charge in [-0.25, -0.2) is 4.98 Å². The summed E-state index contributed by atoms with van der Waals surface area (Å²) in [6.07, 6.45) is 6.55. The van der Waals surface area contributed by atoms with E-state index in [0.29, 0.717) is 5.92 Å². The summed E-state index contributed by atoms with van der Waals surface area (Å²) in [5, 5.41) is 3.40. The van der Waals surface area contributed by atoms with Gasteiger partial charge in [-0.3, -0.25) is 9.62 Å². The predicted octanol–water partition coefficient (Wildman–Crippen LogP) is 3.89. The van der Waals surface area contributed by atoms with Crippen LogP contribution in [0.2, 0.25) is 0 Å². The third-order valence-electron chi connectivity index (χ3n) is 4.16. The van der Waals surface area contributed by atoms with Crippen LogP contribution in [0.4, 0.5) is 0 Å². The highest BCUT2D eigenvalue weighted by Gasteiger charge is 2.22. The molecular weight excluding hydrogens is 310 g/mol. The van der Waals surface area contributed by atoms with Gasteiger partial charge in [0.15, 0.2) is 0 Å². The smallest absolute Gasteiger partial charge is 0.0968 e. The molecular formula is C17H23N3S2. The number of aromatic nitrogens is 1. The maximum absolute atomic E-state index is 4.50. The van der Waals surface area contributed by atoms with Crippen molar-refractivity contribution < 1.29 is 0 Å². The molecule has 22 heavy (non-hydrogen) atoms. The van der Waals surface area contributed by atoms with Crippen molar-refractivity contribution in [2.75, 3.05) is 19.3 Å². The van der Waals surface area contributed by atoms with Crippen LogP contribution in [0.5, 0.6) is 0 Å². The molecule has 1 aliphatic rings. The Bertz CT molecular complexity index is 554. The molecule has 3 nitrogen and oxygen atoms in total. The van der Waals surface area contributed by atoms with Crippen LogP contribution in [0.15, 0.2) is 35.8 Å². The molecule has 1 aromatic carbocycles. The minimum atomic E-state index is 0.624. The summed E-state index contributed by atoms with van der Waals surface area (Å²) in [5.74, 6) is 0.624. The van der Waals surface area contributed by atoms with E-state index in [1.54, 1.807) is 23.3 Å². The van der Waals surface area contributed by atoms with Gasteiger partial charge in [0, 0.05) is 37.1 Å². The van der Waals surface area contributed by atoms with E-state index in [-0.39, 0.29) is 0 Å². The number of benzene rings is 1. The Labute approximate surface area is 141 Å². The highest BCUT2D eigenvalue weighted by Crippen LogP contribution is 2.28. The summed E-state index contributed by atoms with van der Waals surface area (Å²) in [6.45, 7) is 4.33. The molecule has 1 N–H and O–H groups in total. The van der Waals surface area contributed by atoms with Crippen LogP contribution in [-0.2, 0) is 13.1 Å². The van der Waals surface area contributed by atoms with Gasteiger partial charge in [-0.15, -0.1) is 11.3 Å². The number of rotatable bonds is 6. The molecule has 1 saturated heterocycles. The van der Waals surface area contributed by atoms with Crippen LogP contribution in [0.1, 0.15) is 34.9 Å². The van der Waals surface area contributed by atoms with Crippen LogP contribution in [-0.4, -0.2) is 29.2 Å². The lowest BCUT2D eigenvalue weighted by molar-refractivity contribution is 0.200. The minimum absolute atomic E-state index is 0.624. The number of hydrogen-bond donors (Lipinski definition) is 1. The molecule has 2 heterocycles. The maximum atomic E-state index is 4.50. The summed E-state index contributed by atoms with van der Waals surface area (Å²) in [5.41, 5.74) is 2.75. The first-order valence-electron chi connectivity index (χ1n) is 7.80. The van der Waals surface area contributed by atoms with Gasteiger partial charge in [-0.1, -0.05) is 36.2 Å². The average Bonchev–Trinajstić information content (AvgIpc) is 3.09. The Morgan fingerprint density at radius 1 is 1.32 bits per heavy atom. The van der Waals surface area contributed by atoms with Crippen LogP contribution >= 0.6 is 23.3 Å². The summed E-state index contributed by atoms with van der Waals surface area (Å²) >= 11 is 3.47. The number of hydrogen-bond acceptors (Lipinski definition) is 5. The molecule has 1 atom stereocenters. The van der Waals surface area contributed by atoms with Gasteiger partial charge in [-0.05, 0) is 36.8 Å². The number of nitrogens with one attached hydrogen (secondary N) is 1. The van der Waals surface area contributed by atoms with E-state index in [2.05, 4.69) is 50.5 Å². The Kier molecular flexibility index (Phi) is 5.89. The summed E-state index contributed by atoms with van der Waals surface area (Å²) in [4.78, 5) is 7.08. The lowest BCUT2D eigenvalue weighted by Crippen LogP contribution is -2.33. The topological polar surface area (TPSA) is 28.2 Å². The maximum Gasteiger partial charge on any atom is 0.0968 e. The van der Waals surface area contributed by atoms with Crippen molar-refractivity contribution >= 4 is 23.3 Å². The third-order valence-corrected chi connectivity index (χ3v) is 5.53. The van der Waals surface area contributed by atoms with E-state index >= 15 is 0 Å². The third kappa shape index (κ3) is 4.32. The zero-order valence-corrected chi connectivity index (χ0v) is 14.6. The second-order valence-corrected chi connectivity index (χ2v) is 7.41. The number of piperidine rings is 1. The Morgan fingerprint density at radius 2 is 2.14 bits per heavy atom. The fourth-order valence-corrected chi connectivity index (χ4v) is 4.09. The highest BCUT2D eigenvalue weighted by atomic mass is 32.2. The molecule has 0 saturated carbocycles. The van der Waals surface area contributed by atoms with Crippen molar-refractivity contribution in [1.82, 2.24) is 14.6 Å². The molecule has 2 aromatic rings. The van der Waals surface area contributed by atoms with Crippen molar-refractivity contribution in [2.45, 2.75) is 31.8 Å². The molecule has 118 valence electrons. The van der Waals surface area contributed by atoms with Gasteiger partial charge in [0.25, 0.3) is 0 Å². The molecule has 3 rings (SSSR count). The molecule has 0 bridgehead atoms. The molecule has 0 amide bonds. The Balaban J connectivity index is 1.56. The molecule has 1 aliphatic heterocycles.